The lowest BCUT2D eigenvalue weighted by Gasteiger charge is -2.68. The van der Waals surface area contributed by atoms with Gasteiger partial charge in [0, 0.05) is 30.6 Å². The number of aliphatic hydroxyl groups is 1. The molecule has 3 saturated carbocycles. The first-order chi connectivity index (χ1) is 17.4. The van der Waals surface area contributed by atoms with Crippen LogP contribution in [0.15, 0.2) is 11.1 Å². The predicted octanol–water partition coefficient (Wildman–Crippen LogP) is 5.59. The van der Waals surface area contributed by atoms with Gasteiger partial charge >= 0.3 is 5.97 Å². The quantitative estimate of drug-likeness (QED) is 0.369. The van der Waals surface area contributed by atoms with Gasteiger partial charge in [-0.25, -0.2) is 0 Å². The number of epoxide rings is 1. The number of rotatable bonds is 5. The number of carbonyl (C=O) groups is 3. The fourth-order valence-electron chi connectivity index (χ4n) is 10.3. The summed E-state index contributed by atoms with van der Waals surface area (Å²) in [4.78, 5) is 38.6. The van der Waals surface area contributed by atoms with Gasteiger partial charge in [-0.2, -0.15) is 0 Å². The van der Waals surface area contributed by atoms with Crippen LogP contribution in [0.3, 0.4) is 0 Å². The van der Waals surface area contributed by atoms with Crippen molar-refractivity contribution in [1.29, 1.82) is 0 Å². The topological polar surface area (TPSA) is 93.2 Å². The maximum absolute atomic E-state index is 13.8. The van der Waals surface area contributed by atoms with Gasteiger partial charge in [-0.05, 0) is 80.1 Å². The highest BCUT2D eigenvalue weighted by Gasteiger charge is 2.70. The van der Waals surface area contributed by atoms with E-state index in [0.717, 1.165) is 30.4 Å². The van der Waals surface area contributed by atoms with E-state index in [1.54, 1.807) is 0 Å². The van der Waals surface area contributed by atoms with Crippen LogP contribution in [-0.2, 0) is 23.9 Å². The first-order valence-corrected chi connectivity index (χ1v) is 14.7. The lowest BCUT2D eigenvalue weighted by atomic mass is 9.36. The van der Waals surface area contributed by atoms with Crippen molar-refractivity contribution in [3.8, 4) is 0 Å². The van der Waals surface area contributed by atoms with Crippen molar-refractivity contribution in [3.63, 3.8) is 0 Å². The summed E-state index contributed by atoms with van der Waals surface area (Å²) in [5.74, 6) is 0.350. The molecule has 0 aromatic rings. The smallest absolute Gasteiger partial charge is 0.302 e. The van der Waals surface area contributed by atoms with Crippen LogP contribution in [0, 0.1) is 39.4 Å². The molecule has 0 aromatic carbocycles. The Hall–Kier alpha value is -1.53. The molecule has 9 atom stereocenters. The summed E-state index contributed by atoms with van der Waals surface area (Å²) in [7, 11) is 0. The molecule has 1 N–H and O–H groups in total. The number of hydrogen-bond donors (Lipinski definition) is 1. The number of carbonyl (C=O) groups excluding carboxylic acids is 3. The molecule has 9 unspecified atom stereocenters. The molecule has 0 aromatic heterocycles. The highest BCUT2D eigenvalue weighted by Crippen LogP contribution is 2.73. The van der Waals surface area contributed by atoms with Crippen molar-refractivity contribution in [2.45, 2.75) is 131 Å². The van der Waals surface area contributed by atoms with Crippen molar-refractivity contribution in [1.82, 2.24) is 0 Å². The molecule has 6 nitrogen and oxygen atoms in total. The lowest BCUT2D eigenvalue weighted by Crippen LogP contribution is -2.65. The number of hydrogen-bond acceptors (Lipinski definition) is 6. The average Bonchev–Trinajstić information content (AvgIpc) is 3.32. The van der Waals surface area contributed by atoms with Crippen LogP contribution in [0.2, 0.25) is 0 Å². The molecular weight excluding hydrogens is 480 g/mol. The molecule has 1 saturated heterocycles. The van der Waals surface area contributed by atoms with Gasteiger partial charge < -0.3 is 14.6 Å². The van der Waals surface area contributed by atoms with Crippen molar-refractivity contribution in [2.24, 2.45) is 39.4 Å². The molecule has 4 aliphatic carbocycles. The minimum Gasteiger partial charge on any atom is -0.460 e. The molecular formula is C32H48O6. The van der Waals surface area contributed by atoms with Crippen LogP contribution in [-0.4, -0.2) is 46.6 Å². The lowest BCUT2D eigenvalue weighted by molar-refractivity contribution is -0.208. The summed E-state index contributed by atoms with van der Waals surface area (Å²) < 4.78 is 11.5. The zero-order chi connectivity index (χ0) is 28.2. The Bertz CT molecular complexity index is 1100. The fraction of sp³-hybridized carbons (Fsp3) is 0.844. The standard InChI is InChI=1S/C32H48O6/c1-17(14-22(37-18(2)33)27-29(5,6)38-27)25-19-15-20(34)26-30(7)12-11-24(36)28(3,4)23(30)10-13-31(26,8)32(19,9)16-21(25)35/h17,20,22-23,26-27,34H,10-16H2,1-9H3. The molecule has 0 amide bonds. The number of ether oxygens (including phenoxy) is 2. The molecule has 5 rings (SSSR count). The van der Waals surface area contributed by atoms with Crippen LogP contribution in [0.1, 0.15) is 107 Å². The molecule has 38 heavy (non-hydrogen) atoms. The Morgan fingerprint density at radius 2 is 1.74 bits per heavy atom. The Morgan fingerprint density at radius 3 is 2.32 bits per heavy atom. The number of esters is 1. The van der Waals surface area contributed by atoms with Crippen LogP contribution < -0.4 is 0 Å². The average molecular weight is 529 g/mol. The number of allylic oxidation sites excluding steroid dienone is 1. The van der Waals surface area contributed by atoms with E-state index < -0.39 is 12.2 Å². The van der Waals surface area contributed by atoms with Gasteiger partial charge in [-0.3, -0.25) is 14.4 Å². The van der Waals surface area contributed by atoms with Crippen molar-refractivity contribution >= 4 is 17.5 Å². The third kappa shape index (κ3) is 3.75. The van der Waals surface area contributed by atoms with Gasteiger partial charge in [0.15, 0.2) is 5.78 Å². The fourth-order valence-corrected chi connectivity index (χ4v) is 10.3. The Labute approximate surface area is 228 Å². The van der Waals surface area contributed by atoms with Crippen molar-refractivity contribution < 1.29 is 29.0 Å². The third-order valence-electron chi connectivity index (χ3n) is 12.3. The van der Waals surface area contributed by atoms with Crippen LogP contribution in [0.5, 0.6) is 0 Å². The van der Waals surface area contributed by atoms with E-state index in [4.69, 9.17) is 9.47 Å². The zero-order valence-corrected chi connectivity index (χ0v) is 24.9. The van der Waals surface area contributed by atoms with Crippen molar-refractivity contribution in [3.05, 3.63) is 11.1 Å². The molecule has 0 bridgehead atoms. The number of ketones is 2. The van der Waals surface area contributed by atoms with E-state index in [-0.39, 0.29) is 62.9 Å². The van der Waals surface area contributed by atoms with E-state index in [2.05, 4.69) is 41.5 Å². The van der Waals surface area contributed by atoms with E-state index in [0.29, 0.717) is 31.5 Å². The van der Waals surface area contributed by atoms with Gasteiger partial charge in [-0.15, -0.1) is 0 Å². The summed E-state index contributed by atoms with van der Waals surface area (Å²) in [6.07, 6.45) is 3.59. The minimum absolute atomic E-state index is 0.0341. The number of aliphatic hydroxyl groups excluding tert-OH is 1. The van der Waals surface area contributed by atoms with Crippen LogP contribution in [0.4, 0.5) is 0 Å². The minimum atomic E-state index is -0.553. The summed E-state index contributed by atoms with van der Waals surface area (Å²) in [6, 6.07) is 0. The normalized spacial score (nSPS) is 44.6. The Kier molecular flexibility index (Phi) is 6.26. The van der Waals surface area contributed by atoms with Gasteiger partial charge in [0.1, 0.15) is 18.0 Å². The second-order valence-electron chi connectivity index (χ2n) is 15.2. The predicted molar refractivity (Wildman–Crippen MR) is 144 cm³/mol. The maximum Gasteiger partial charge on any atom is 0.302 e. The monoisotopic (exact) mass is 528 g/mol. The highest BCUT2D eigenvalue weighted by atomic mass is 16.6. The molecule has 0 spiro atoms. The largest absolute Gasteiger partial charge is 0.460 e. The van der Waals surface area contributed by atoms with Crippen LogP contribution >= 0.6 is 0 Å². The molecule has 4 fully saturated rings. The number of Topliss-reactive ketones (excluding diaryl/α,β-unsaturated/α-hetero) is 2. The summed E-state index contributed by atoms with van der Waals surface area (Å²) >= 11 is 0. The SMILES string of the molecule is CC(=O)OC(CC(C)C1=C2CC(O)C3C4(C)CCC(=O)C(C)(C)C4CCC3(C)C2(C)CC1=O)C1OC1(C)C. The highest BCUT2D eigenvalue weighted by molar-refractivity contribution is 6.00. The molecule has 212 valence electrons. The van der Waals surface area contributed by atoms with E-state index >= 15 is 0 Å². The summed E-state index contributed by atoms with van der Waals surface area (Å²) in [5.41, 5.74) is 0.516. The molecule has 1 heterocycles. The Morgan fingerprint density at radius 1 is 1.11 bits per heavy atom. The molecule has 5 aliphatic rings. The van der Waals surface area contributed by atoms with Gasteiger partial charge in [0.05, 0.1) is 11.7 Å². The maximum atomic E-state index is 13.8. The van der Waals surface area contributed by atoms with Crippen LogP contribution in [0.25, 0.3) is 0 Å². The van der Waals surface area contributed by atoms with E-state index in [1.807, 2.05) is 13.8 Å². The first-order valence-electron chi connectivity index (χ1n) is 14.7. The second-order valence-corrected chi connectivity index (χ2v) is 15.2. The van der Waals surface area contributed by atoms with Gasteiger partial charge in [0.25, 0.3) is 0 Å². The molecule has 6 heteroatoms. The third-order valence-corrected chi connectivity index (χ3v) is 12.3. The summed E-state index contributed by atoms with van der Waals surface area (Å²) in [6.45, 7) is 18.6. The van der Waals surface area contributed by atoms with E-state index in [1.165, 1.54) is 6.92 Å². The molecule has 0 radical (unpaired) electrons. The Balaban J connectivity index is 1.50. The second kappa shape index (κ2) is 8.49. The van der Waals surface area contributed by atoms with Gasteiger partial charge in [0.2, 0.25) is 0 Å². The zero-order valence-electron chi connectivity index (χ0n) is 24.9. The van der Waals surface area contributed by atoms with Gasteiger partial charge in [-0.1, -0.05) is 47.1 Å². The molecule has 1 aliphatic heterocycles. The number of fused-ring (bicyclic) bond motifs is 5. The van der Waals surface area contributed by atoms with Crippen molar-refractivity contribution in [2.75, 3.05) is 0 Å². The summed E-state index contributed by atoms with van der Waals surface area (Å²) in [5, 5.41) is 11.9. The first kappa shape index (κ1) is 28.0. The van der Waals surface area contributed by atoms with E-state index in [9.17, 15) is 19.5 Å².